The second-order valence-electron chi connectivity index (χ2n) is 3.89. The van der Waals surface area contributed by atoms with Gasteiger partial charge in [0.05, 0.1) is 11.4 Å². The molecule has 2 rings (SSSR count). The minimum atomic E-state index is -4.00. The molecule has 3 N–H and O–H groups in total. The van der Waals surface area contributed by atoms with Gasteiger partial charge in [0.25, 0.3) is 10.0 Å². The lowest BCUT2D eigenvalue weighted by Gasteiger charge is -2.12. The van der Waals surface area contributed by atoms with Gasteiger partial charge in [-0.2, -0.15) is 0 Å². The van der Waals surface area contributed by atoms with Crippen LogP contribution in [0.5, 0.6) is 0 Å². The molecule has 0 aliphatic rings. The second kappa shape index (κ2) is 5.71. The van der Waals surface area contributed by atoms with Gasteiger partial charge in [-0.3, -0.25) is 4.72 Å². The van der Waals surface area contributed by atoms with E-state index in [1.54, 1.807) is 6.07 Å². The third kappa shape index (κ3) is 3.13. The number of halogens is 3. The number of anilines is 2. The van der Waals surface area contributed by atoms with Gasteiger partial charge in [0, 0.05) is 8.95 Å². The molecule has 0 unspecified atom stereocenters. The molecule has 0 fully saturated rings. The van der Waals surface area contributed by atoms with Crippen LogP contribution in [0.2, 0.25) is 0 Å². The Balaban J connectivity index is 2.50. The van der Waals surface area contributed by atoms with Gasteiger partial charge in [-0.25, -0.2) is 12.8 Å². The lowest BCUT2D eigenvalue weighted by Crippen LogP contribution is -2.16. The summed E-state index contributed by atoms with van der Waals surface area (Å²) < 4.78 is 41.2. The number of benzene rings is 2. The van der Waals surface area contributed by atoms with E-state index in [4.69, 9.17) is 5.73 Å². The van der Waals surface area contributed by atoms with E-state index in [2.05, 4.69) is 36.6 Å². The van der Waals surface area contributed by atoms with Gasteiger partial charge in [0.1, 0.15) is 10.7 Å². The first-order valence-electron chi connectivity index (χ1n) is 5.33. The van der Waals surface area contributed by atoms with E-state index < -0.39 is 15.8 Å². The highest BCUT2D eigenvalue weighted by Gasteiger charge is 2.22. The molecule has 8 heteroatoms. The van der Waals surface area contributed by atoms with Crippen LogP contribution in [0.15, 0.2) is 50.2 Å². The third-order valence-electron chi connectivity index (χ3n) is 2.42. The first-order valence-corrected chi connectivity index (χ1v) is 8.40. The first kappa shape index (κ1) is 15.3. The number of nitrogens with one attached hydrogen (secondary N) is 1. The van der Waals surface area contributed by atoms with Crippen LogP contribution in [0.1, 0.15) is 0 Å². The van der Waals surface area contributed by atoms with Crippen LogP contribution < -0.4 is 10.5 Å². The van der Waals surface area contributed by atoms with Crippen molar-refractivity contribution in [2.75, 3.05) is 10.5 Å². The summed E-state index contributed by atoms with van der Waals surface area (Å²) in [6, 6.07) is 8.50. The fraction of sp³-hybridized carbons (Fsp3) is 0. The molecule has 0 aliphatic heterocycles. The van der Waals surface area contributed by atoms with E-state index in [9.17, 15) is 12.8 Å². The number of rotatable bonds is 3. The summed E-state index contributed by atoms with van der Waals surface area (Å²) in [6.07, 6.45) is 0. The lowest BCUT2D eigenvalue weighted by atomic mass is 10.3. The highest BCUT2D eigenvalue weighted by molar-refractivity contribution is 9.11. The molecule has 0 saturated heterocycles. The Morgan fingerprint density at radius 1 is 1.15 bits per heavy atom. The Kier molecular flexibility index (Phi) is 4.36. The standard InChI is InChI=1S/C12H9Br2FN2O2S/c13-7-5-8(14)12(10(16)6-7)20(18,19)17-11-4-2-1-3-9(11)15/h1-6,17H,16H2. The molecule has 0 heterocycles. The Morgan fingerprint density at radius 2 is 1.80 bits per heavy atom. The van der Waals surface area contributed by atoms with Crippen molar-refractivity contribution < 1.29 is 12.8 Å². The van der Waals surface area contributed by atoms with Gasteiger partial charge < -0.3 is 5.73 Å². The van der Waals surface area contributed by atoms with Crippen molar-refractivity contribution >= 4 is 53.3 Å². The Morgan fingerprint density at radius 3 is 2.40 bits per heavy atom. The predicted molar refractivity (Wildman–Crippen MR) is 83.5 cm³/mol. The average molecular weight is 424 g/mol. The van der Waals surface area contributed by atoms with Crippen molar-refractivity contribution in [2.24, 2.45) is 0 Å². The minimum absolute atomic E-state index is 0.0510. The monoisotopic (exact) mass is 422 g/mol. The Hall–Kier alpha value is -1.12. The van der Waals surface area contributed by atoms with E-state index in [0.717, 1.165) is 6.07 Å². The number of nitrogen functional groups attached to an aromatic ring is 1. The topological polar surface area (TPSA) is 72.2 Å². The molecule has 106 valence electrons. The molecule has 2 aromatic rings. The Bertz CT molecular complexity index is 743. The summed E-state index contributed by atoms with van der Waals surface area (Å²) in [6.45, 7) is 0. The summed E-state index contributed by atoms with van der Waals surface area (Å²) in [5.41, 5.74) is 5.64. The predicted octanol–water partition coefficient (Wildman–Crippen LogP) is 3.73. The quantitative estimate of drug-likeness (QED) is 0.738. The van der Waals surface area contributed by atoms with E-state index in [0.29, 0.717) is 4.47 Å². The fourth-order valence-corrected chi connectivity index (χ4v) is 4.74. The van der Waals surface area contributed by atoms with Crippen molar-refractivity contribution in [2.45, 2.75) is 4.90 Å². The Labute approximate surface area is 132 Å². The van der Waals surface area contributed by atoms with Crippen LogP contribution in [0.25, 0.3) is 0 Å². The molecule has 20 heavy (non-hydrogen) atoms. The molecule has 0 saturated carbocycles. The van der Waals surface area contributed by atoms with Gasteiger partial charge in [0.15, 0.2) is 0 Å². The first-order chi connectivity index (χ1) is 9.31. The molecule has 0 aromatic heterocycles. The summed E-state index contributed by atoms with van der Waals surface area (Å²) in [4.78, 5) is -0.135. The summed E-state index contributed by atoms with van der Waals surface area (Å²) in [5.74, 6) is -0.664. The van der Waals surface area contributed by atoms with Gasteiger partial charge in [-0.15, -0.1) is 0 Å². The maximum absolute atomic E-state index is 13.5. The minimum Gasteiger partial charge on any atom is -0.398 e. The van der Waals surface area contributed by atoms with Gasteiger partial charge >= 0.3 is 0 Å². The summed E-state index contributed by atoms with van der Waals surface area (Å²) in [5, 5.41) is 0. The number of sulfonamides is 1. The highest BCUT2D eigenvalue weighted by Crippen LogP contribution is 2.33. The van der Waals surface area contributed by atoms with Crippen LogP contribution in [-0.4, -0.2) is 8.42 Å². The maximum atomic E-state index is 13.5. The smallest absolute Gasteiger partial charge is 0.265 e. The molecule has 2 aromatic carbocycles. The number of nitrogens with two attached hydrogens (primary N) is 1. The molecule has 0 spiro atoms. The van der Waals surface area contributed by atoms with Crippen LogP contribution in [0.3, 0.4) is 0 Å². The number of hydrogen-bond acceptors (Lipinski definition) is 3. The van der Waals surface area contributed by atoms with E-state index in [1.807, 2.05) is 0 Å². The van der Waals surface area contributed by atoms with Crippen molar-refractivity contribution in [3.8, 4) is 0 Å². The van der Waals surface area contributed by atoms with Crippen LogP contribution in [0, 0.1) is 5.82 Å². The average Bonchev–Trinajstić information content (AvgIpc) is 2.30. The molecule has 0 radical (unpaired) electrons. The molecular weight excluding hydrogens is 415 g/mol. The fourth-order valence-electron chi connectivity index (χ4n) is 1.60. The number of para-hydroxylation sites is 1. The van der Waals surface area contributed by atoms with Crippen molar-refractivity contribution in [1.82, 2.24) is 0 Å². The second-order valence-corrected chi connectivity index (χ2v) is 7.28. The van der Waals surface area contributed by atoms with Crippen molar-refractivity contribution in [1.29, 1.82) is 0 Å². The SMILES string of the molecule is Nc1cc(Br)cc(Br)c1S(=O)(=O)Nc1ccccc1F. The van der Waals surface area contributed by atoms with Crippen LogP contribution in [-0.2, 0) is 10.0 Å². The molecule has 0 amide bonds. The zero-order valence-corrected chi connectivity index (χ0v) is 13.9. The van der Waals surface area contributed by atoms with Crippen molar-refractivity contribution in [3.05, 3.63) is 51.2 Å². The van der Waals surface area contributed by atoms with Gasteiger partial charge in [-0.1, -0.05) is 28.1 Å². The molecule has 0 aliphatic carbocycles. The van der Waals surface area contributed by atoms with E-state index >= 15 is 0 Å². The van der Waals surface area contributed by atoms with E-state index in [-0.39, 0.29) is 20.7 Å². The van der Waals surface area contributed by atoms with Gasteiger partial charge in [-0.05, 0) is 40.2 Å². The largest absolute Gasteiger partial charge is 0.398 e. The highest BCUT2D eigenvalue weighted by atomic mass is 79.9. The van der Waals surface area contributed by atoms with Crippen LogP contribution in [0.4, 0.5) is 15.8 Å². The third-order valence-corrected chi connectivity index (χ3v) is 5.25. The summed E-state index contributed by atoms with van der Waals surface area (Å²) in [7, 11) is -4.00. The number of hydrogen-bond donors (Lipinski definition) is 2. The van der Waals surface area contributed by atoms with Crippen LogP contribution >= 0.6 is 31.9 Å². The molecular formula is C12H9Br2FN2O2S. The summed E-state index contributed by atoms with van der Waals surface area (Å²) >= 11 is 6.35. The normalized spacial score (nSPS) is 11.3. The lowest BCUT2D eigenvalue weighted by molar-refractivity contribution is 0.598. The zero-order valence-electron chi connectivity index (χ0n) is 9.90. The van der Waals surface area contributed by atoms with Gasteiger partial charge in [0.2, 0.25) is 0 Å². The molecule has 4 nitrogen and oxygen atoms in total. The molecule has 0 atom stereocenters. The van der Waals surface area contributed by atoms with E-state index in [1.165, 1.54) is 24.3 Å². The zero-order chi connectivity index (χ0) is 14.9. The maximum Gasteiger partial charge on any atom is 0.265 e. The van der Waals surface area contributed by atoms with Crippen molar-refractivity contribution in [3.63, 3.8) is 0 Å². The molecule has 0 bridgehead atoms.